The summed E-state index contributed by atoms with van der Waals surface area (Å²) in [5.74, 6) is -1.77. The van der Waals surface area contributed by atoms with Crippen molar-refractivity contribution in [2.24, 2.45) is 5.92 Å². The molecule has 1 unspecified atom stereocenters. The first-order chi connectivity index (χ1) is 8.32. The van der Waals surface area contributed by atoms with Gasteiger partial charge in [-0.3, -0.25) is 4.79 Å². The smallest absolute Gasteiger partial charge is 0.326 e. The first-order valence-corrected chi connectivity index (χ1v) is 5.79. The molecule has 1 rings (SSSR count). The molecule has 5 nitrogen and oxygen atoms in total. The molecule has 1 aromatic carbocycles. The Labute approximate surface area is 110 Å². The molecule has 6 heteroatoms. The zero-order valence-corrected chi connectivity index (χ0v) is 10.9. The summed E-state index contributed by atoms with van der Waals surface area (Å²) in [4.78, 5) is 22.8. The molecule has 18 heavy (non-hydrogen) atoms. The van der Waals surface area contributed by atoms with Crippen molar-refractivity contribution in [1.82, 2.24) is 5.32 Å². The predicted molar refractivity (Wildman–Crippen MR) is 69.6 cm³/mol. The van der Waals surface area contributed by atoms with E-state index in [1.54, 1.807) is 13.8 Å². The molecule has 0 saturated carbocycles. The van der Waals surface area contributed by atoms with Gasteiger partial charge in [-0.05, 0) is 24.1 Å². The van der Waals surface area contributed by atoms with Gasteiger partial charge in [0, 0.05) is 5.56 Å². The number of carbonyl (C=O) groups is 2. The van der Waals surface area contributed by atoms with Gasteiger partial charge in [-0.1, -0.05) is 25.4 Å². The topological polar surface area (TPSA) is 92.4 Å². The second-order valence-electron chi connectivity index (χ2n) is 4.27. The molecule has 0 aliphatic carbocycles. The molecule has 0 bridgehead atoms. The molecule has 1 amide bonds. The standard InChI is InChI=1S/C12H15ClN2O3/c1-6(2)10(12(17)18)15-11(16)7-3-4-9(14)8(13)5-7/h3-6,10H,14H2,1-2H3,(H,15,16)(H,17,18). The Bertz CT molecular complexity index is 474. The third kappa shape index (κ3) is 3.37. The van der Waals surface area contributed by atoms with Gasteiger partial charge in [0.15, 0.2) is 0 Å². The highest BCUT2D eigenvalue weighted by atomic mass is 35.5. The normalized spacial score (nSPS) is 12.2. The van der Waals surface area contributed by atoms with Crippen LogP contribution in [0.15, 0.2) is 18.2 Å². The lowest BCUT2D eigenvalue weighted by Crippen LogP contribution is -2.44. The van der Waals surface area contributed by atoms with Gasteiger partial charge in [-0.15, -0.1) is 0 Å². The monoisotopic (exact) mass is 270 g/mol. The van der Waals surface area contributed by atoms with Gasteiger partial charge in [0.2, 0.25) is 0 Å². The third-order valence-corrected chi connectivity index (χ3v) is 2.81. The minimum absolute atomic E-state index is 0.212. The van der Waals surface area contributed by atoms with Crippen LogP contribution in [0.1, 0.15) is 24.2 Å². The second-order valence-corrected chi connectivity index (χ2v) is 4.68. The van der Waals surface area contributed by atoms with Crippen LogP contribution < -0.4 is 11.1 Å². The van der Waals surface area contributed by atoms with Crippen molar-refractivity contribution in [3.8, 4) is 0 Å². The average molecular weight is 271 g/mol. The lowest BCUT2D eigenvalue weighted by molar-refractivity contribution is -0.140. The molecule has 0 fully saturated rings. The van der Waals surface area contributed by atoms with Crippen molar-refractivity contribution >= 4 is 29.2 Å². The number of nitrogen functional groups attached to an aromatic ring is 1. The van der Waals surface area contributed by atoms with E-state index in [9.17, 15) is 9.59 Å². The maximum absolute atomic E-state index is 11.9. The van der Waals surface area contributed by atoms with Crippen molar-refractivity contribution < 1.29 is 14.7 Å². The highest BCUT2D eigenvalue weighted by molar-refractivity contribution is 6.33. The molecule has 0 aromatic heterocycles. The second kappa shape index (κ2) is 5.73. The summed E-state index contributed by atoms with van der Waals surface area (Å²) in [6.07, 6.45) is 0. The van der Waals surface area contributed by atoms with Crippen molar-refractivity contribution in [3.05, 3.63) is 28.8 Å². The number of hydrogen-bond acceptors (Lipinski definition) is 3. The summed E-state index contributed by atoms with van der Waals surface area (Å²) in [5.41, 5.74) is 6.18. The number of aliphatic carboxylic acids is 1. The van der Waals surface area contributed by atoms with Crippen LogP contribution in [-0.4, -0.2) is 23.0 Å². The summed E-state index contributed by atoms with van der Waals surface area (Å²) in [7, 11) is 0. The number of rotatable bonds is 4. The van der Waals surface area contributed by atoms with Crippen LogP contribution >= 0.6 is 11.6 Å². The number of carboxylic acid groups (broad SMARTS) is 1. The van der Waals surface area contributed by atoms with Crippen LogP contribution in [0.5, 0.6) is 0 Å². The summed E-state index contributed by atoms with van der Waals surface area (Å²) in [5, 5.41) is 11.7. The SMILES string of the molecule is CC(C)C(NC(=O)c1ccc(N)c(Cl)c1)C(=O)O. The maximum atomic E-state index is 11.9. The van der Waals surface area contributed by atoms with Crippen LogP contribution in [0, 0.1) is 5.92 Å². The summed E-state index contributed by atoms with van der Waals surface area (Å²) in [6.45, 7) is 3.43. The Hall–Kier alpha value is -1.75. The molecular formula is C12H15ClN2O3. The van der Waals surface area contributed by atoms with E-state index in [1.807, 2.05) is 0 Å². The first kappa shape index (κ1) is 14.3. The van der Waals surface area contributed by atoms with Gasteiger partial charge in [0.1, 0.15) is 6.04 Å². The lowest BCUT2D eigenvalue weighted by Gasteiger charge is -2.18. The molecule has 0 spiro atoms. The summed E-state index contributed by atoms with van der Waals surface area (Å²) in [6, 6.07) is 3.47. The number of benzene rings is 1. The van der Waals surface area contributed by atoms with Crippen LogP contribution in [0.2, 0.25) is 5.02 Å². The van der Waals surface area contributed by atoms with Gasteiger partial charge in [-0.2, -0.15) is 0 Å². The fourth-order valence-electron chi connectivity index (χ4n) is 1.41. The quantitative estimate of drug-likeness (QED) is 0.727. The highest BCUT2D eigenvalue weighted by Gasteiger charge is 2.24. The molecule has 0 aliphatic heterocycles. The van der Waals surface area contributed by atoms with Gasteiger partial charge >= 0.3 is 5.97 Å². The minimum Gasteiger partial charge on any atom is -0.480 e. The molecule has 0 radical (unpaired) electrons. The van der Waals surface area contributed by atoms with Gasteiger partial charge < -0.3 is 16.2 Å². The van der Waals surface area contributed by atoms with E-state index in [1.165, 1.54) is 18.2 Å². The Kier molecular flexibility index (Phi) is 4.55. The third-order valence-electron chi connectivity index (χ3n) is 2.48. The molecule has 0 aliphatic rings. The van der Waals surface area contributed by atoms with Crippen LogP contribution in [0.4, 0.5) is 5.69 Å². The molecule has 4 N–H and O–H groups in total. The Morgan fingerprint density at radius 2 is 2.00 bits per heavy atom. The minimum atomic E-state index is -1.07. The number of hydrogen-bond donors (Lipinski definition) is 3. The number of carboxylic acids is 1. The largest absolute Gasteiger partial charge is 0.480 e. The Morgan fingerprint density at radius 1 is 1.39 bits per heavy atom. The van der Waals surface area contributed by atoms with E-state index < -0.39 is 17.9 Å². The van der Waals surface area contributed by atoms with Gasteiger partial charge in [-0.25, -0.2) is 4.79 Å². The zero-order chi connectivity index (χ0) is 13.9. The molecule has 98 valence electrons. The highest BCUT2D eigenvalue weighted by Crippen LogP contribution is 2.19. The number of nitrogens with one attached hydrogen (secondary N) is 1. The fourth-order valence-corrected chi connectivity index (χ4v) is 1.59. The number of halogens is 1. The van der Waals surface area contributed by atoms with Crippen molar-refractivity contribution in [3.63, 3.8) is 0 Å². The molecule has 1 atom stereocenters. The maximum Gasteiger partial charge on any atom is 0.326 e. The Balaban J connectivity index is 2.87. The van der Waals surface area contributed by atoms with E-state index in [0.29, 0.717) is 5.69 Å². The molecular weight excluding hydrogens is 256 g/mol. The number of anilines is 1. The number of carbonyl (C=O) groups excluding carboxylic acids is 1. The lowest BCUT2D eigenvalue weighted by atomic mass is 10.0. The molecule has 1 aromatic rings. The Morgan fingerprint density at radius 3 is 2.44 bits per heavy atom. The van der Waals surface area contributed by atoms with Crippen LogP contribution in [-0.2, 0) is 4.79 Å². The van der Waals surface area contributed by atoms with E-state index in [-0.39, 0.29) is 16.5 Å². The van der Waals surface area contributed by atoms with Gasteiger partial charge in [0.25, 0.3) is 5.91 Å². The van der Waals surface area contributed by atoms with E-state index >= 15 is 0 Å². The number of nitrogens with two attached hydrogens (primary N) is 1. The molecule has 0 heterocycles. The fraction of sp³-hybridized carbons (Fsp3) is 0.333. The average Bonchev–Trinajstić information content (AvgIpc) is 2.28. The van der Waals surface area contributed by atoms with Crippen LogP contribution in [0.25, 0.3) is 0 Å². The van der Waals surface area contributed by atoms with E-state index in [2.05, 4.69) is 5.32 Å². The van der Waals surface area contributed by atoms with Crippen molar-refractivity contribution in [1.29, 1.82) is 0 Å². The first-order valence-electron chi connectivity index (χ1n) is 5.41. The predicted octanol–water partition coefficient (Wildman–Crippen LogP) is 1.76. The van der Waals surface area contributed by atoms with Crippen molar-refractivity contribution in [2.75, 3.05) is 5.73 Å². The summed E-state index contributed by atoms with van der Waals surface area (Å²) >= 11 is 5.80. The van der Waals surface area contributed by atoms with Gasteiger partial charge in [0.05, 0.1) is 10.7 Å². The molecule has 0 saturated heterocycles. The number of amides is 1. The van der Waals surface area contributed by atoms with E-state index in [4.69, 9.17) is 22.4 Å². The summed E-state index contributed by atoms with van der Waals surface area (Å²) < 4.78 is 0. The van der Waals surface area contributed by atoms with Crippen LogP contribution in [0.3, 0.4) is 0 Å². The van der Waals surface area contributed by atoms with Crippen molar-refractivity contribution in [2.45, 2.75) is 19.9 Å². The van der Waals surface area contributed by atoms with E-state index in [0.717, 1.165) is 0 Å². The zero-order valence-electron chi connectivity index (χ0n) is 10.1.